The SMILES string of the molecule is Cc1nc(CCNc2ncncc2Cl)cs1. The zero-order valence-electron chi connectivity index (χ0n) is 8.77. The molecule has 0 bridgehead atoms. The molecule has 84 valence electrons. The first-order valence-electron chi connectivity index (χ1n) is 4.86. The number of anilines is 1. The summed E-state index contributed by atoms with van der Waals surface area (Å²) in [5.74, 6) is 0.670. The van der Waals surface area contributed by atoms with E-state index in [0.29, 0.717) is 10.8 Å². The van der Waals surface area contributed by atoms with Crippen molar-refractivity contribution in [3.8, 4) is 0 Å². The maximum absolute atomic E-state index is 5.91. The third-order valence-electron chi connectivity index (χ3n) is 2.01. The third-order valence-corrected chi connectivity index (χ3v) is 3.11. The summed E-state index contributed by atoms with van der Waals surface area (Å²) in [6, 6.07) is 0. The van der Waals surface area contributed by atoms with E-state index in [9.17, 15) is 0 Å². The molecule has 0 spiro atoms. The Bertz CT molecular complexity index is 471. The first kappa shape index (κ1) is 11.3. The zero-order valence-corrected chi connectivity index (χ0v) is 10.3. The minimum absolute atomic E-state index is 0.539. The quantitative estimate of drug-likeness (QED) is 0.911. The minimum Gasteiger partial charge on any atom is -0.368 e. The largest absolute Gasteiger partial charge is 0.368 e. The predicted molar refractivity (Wildman–Crippen MR) is 66.1 cm³/mol. The second kappa shape index (κ2) is 5.23. The molecule has 0 fully saturated rings. The molecule has 0 saturated carbocycles. The molecule has 2 rings (SSSR count). The fraction of sp³-hybridized carbons (Fsp3) is 0.300. The predicted octanol–water partition coefficient (Wildman–Crippen LogP) is 2.55. The summed E-state index contributed by atoms with van der Waals surface area (Å²) in [6.07, 6.45) is 3.91. The Morgan fingerprint density at radius 1 is 1.50 bits per heavy atom. The highest BCUT2D eigenvalue weighted by molar-refractivity contribution is 7.09. The van der Waals surface area contributed by atoms with Crippen molar-refractivity contribution in [2.75, 3.05) is 11.9 Å². The lowest BCUT2D eigenvalue weighted by atomic mass is 10.3. The lowest BCUT2D eigenvalue weighted by molar-refractivity contribution is 0.957. The smallest absolute Gasteiger partial charge is 0.148 e. The summed E-state index contributed by atoms with van der Waals surface area (Å²) in [5.41, 5.74) is 1.10. The van der Waals surface area contributed by atoms with Gasteiger partial charge in [-0.3, -0.25) is 0 Å². The second-order valence-corrected chi connectivity index (χ2v) is 4.72. The molecule has 2 aromatic heterocycles. The van der Waals surface area contributed by atoms with E-state index in [4.69, 9.17) is 11.6 Å². The van der Waals surface area contributed by atoms with Crippen LogP contribution in [-0.4, -0.2) is 21.5 Å². The number of hydrogen-bond donors (Lipinski definition) is 1. The molecule has 0 aliphatic rings. The van der Waals surface area contributed by atoms with Crippen LogP contribution in [0.2, 0.25) is 5.02 Å². The van der Waals surface area contributed by atoms with Crippen LogP contribution < -0.4 is 5.32 Å². The van der Waals surface area contributed by atoms with E-state index in [2.05, 4.69) is 25.6 Å². The van der Waals surface area contributed by atoms with E-state index in [-0.39, 0.29) is 0 Å². The van der Waals surface area contributed by atoms with Crippen molar-refractivity contribution in [1.82, 2.24) is 15.0 Å². The van der Waals surface area contributed by atoms with E-state index < -0.39 is 0 Å². The number of nitrogens with one attached hydrogen (secondary N) is 1. The summed E-state index contributed by atoms with van der Waals surface area (Å²) in [5, 5.41) is 6.85. The van der Waals surface area contributed by atoms with Crippen molar-refractivity contribution in [2.24, 2.45) is 0 Å². The number of aryl methyl sites for hydroxylation is 1. The molecule has 0 radical (unpaired) electrons. The molecule has 0 aromatic carbocycles. The van der Waals surface area contributed by atoms with Gasteiger partial charge in [-0.15, -0.1) is 11.3 Å². The van der Waals surface area contributed by atoms with Crippen molar-refractivity contribution < 1.29 is 0 Å². The van der Waals surface area contributed by atoms with Crippen LogP contribution in [-0.2, 0) is 6.42 Å². The summed E-state index contributed by atoms with van der Waals surface area (Å²) in [7, 11) is 0. The van der Waals surface area contributed by atoms with Crippen LogP contribution in [0.25, 0.3) is 0 Å². The van der Waals surface area contributed by atoms with Gasteiger partial charge in [0.1, 0.15) is 17.2 Å². The van der Waals surface area contributed by atoms with Crippen molar-refractivity contribution in [3.63, 3.8) is 0 Å². The van der Waals surface area contributed by atoms with Crippen LogP contribution in [0, 0.1) is 6.92 Å². The van der Waals surface area contributed by atoms with Crippen LogP contribution in [0.5, 0.6) is 0 Å². The highest BCUT2D eigenvalue weighted by Gasteiger charge is 2.01. The summed E-state index contributed by atoms with van der Waals surface area (Å²) >= 11 is 7.57. The van der Waals surface area contributed by atoms with Gasteiger partial charge in [0.15, 0.2) is 0 Å². The van der Waals surface area contributed by atoms with E-state index in [1.54, 1.807) is 17.5 Å². The van der Waals surface area contributed by atoms with Crippen LogP contribution in [0.1, 0.15) is 10.7 Å². The van der Waals surface area contributed by atoms with E-state index in [1.807, 2.05) is 6.92 Å². The van der Waals surface area contributed by atoms with E-state index >= 15 is 0 Å². The maximum Gasteiger partial charge on any atom is 0.148 e. The number of thiazole rings is 1. The average Bonchev–Trinajstić information content (AvgIpc) is 2.67. The van der Waals surface area contributed by atoms with Gasteiger partial charge in [0.25, 0.3) is 0 Å². The van der Waals surface area contributed by atoms with Gasteiger partial charge in [-0.25, -0.2) is 15.0 Å². The number of nitrogens with zero attached hydrogens (tertiary/aromatic N) is 3. The molecule has 6 heteroatoms. The molecule has 16 heavy (non-hydrogen) atoms. The summed E-state index contributed by atoms with van der Waals surface area (Å²) in [6.45, 7) is 2.77. The number of hydrogen-bond acceptors (Lipinski definition) is 5. The van der Waals surface area contributed by atoms with Crippen LogP contribution in [0.3, 0.4) is 0 Å². The molecule has 2 aromatic rings. The number of halogens is 1. The standard InChI is InChI=1S/C10H11ClN4S/c1-7-15-8(5-16-7)2-3-13-10-9(11)4-12-6-14-10/h4-6H,2-3H2,1H3,(H,12,13,14). The van der Waals surface area contributed by atoms with Crippen molar-refractivity contribution in [1.29, 1.82) is 0 Å². The van der Waals surface area contributed by atoms with Gasteiger partial charge in [0, 0.05) is 18.3 Å². The van der Waals surface area contributed by atoms with Crippen LogP contribution >= 0.6 is 22.9 Å². The van der Waals surface area contributed by atoms with Gasteiger partial charge in [-0.2, -0.15) is 0 Å². The van der Waals surface area contributed by atoms with Gasteiger partial charge in [-0.05, 0) is 6.92 Å². The molecule has 2 heterocycles. The van der Waals surface area contributed by atoms with E-state index in [0.717, 1.165) is 23.7 Å². The van der Waals surface area contributed by atoms with Gasteiger partial charge in [-0.1, -0.05) is 11.6 Å². The monoisotopic (exact) mass is 254 g/mol. The average molecular weight is 255 g/mol. The molecule has 0 aliphatic carbocycles. The maximum atomic E-state index is 5.91. The third kappa shape index (κ3) is 2.90. The Morgan fingerprint density at radius 2 is 2.38 bits per heavy atom. The molecule has 0 aliphatic heterocycles. The Labute approximate surface area is 103 Å². The van der Waals surface area contributed by atoms with Crippen molar-refractivity contribution in [3.05, 3.63) is 33.6 Å². The van der Waals surface area contributed by atoms with Gasteiger partial charge in [0.05, 0.1) is 16.9 Å². The van der Waals surface area contributed by atoms with Crippen molar-refractivity contribution >= 4 is 28.8 Å². The normalized spacial score (nSPS) is 10.4. The van der Waals surface area contributed by atoms with E-state index in [1.165, 1.54) is 6.33 Å². The number of aromatic nitrogens is 3. The van der Waals surface area contributed by atoms with Crippen LogP contribution in [0.15, 0.2) is 17.9 Å². The lowest BCUT2D eigenvalue weighted by Crippen LogP contribution is -2.07. The molecular formula is C10H11ClN4S. The molecule has 0 saturated heterocycles. The second-order valence-electron chi connectivity index (χ2n) is 3.25. The van der Waals surface area contributed by atoms with Gasteiger partial charge in [0.2, 0.25) is 0 Å². The molecule has 0 atom stereocenters. The highest BCUT2D eigenvalue weighted by Crippen LogP contribution is 2.16. The Hall–Kier alpha value is -1.20. The Morgan fingerprint density at radius 3 is 3.06 bits per heavy atom. The Kier molecular flexibility index (Phi) is 3.69. The highest BCUT2D eigenvalue weighted by atomic mass is 35.5. The summed E-state index contributed by atoms with van der Waals surface area (Å²) < 4.78 is 0. The Balaban J connectivity index is 1.87. The fourth-order valence-electron chi connectivity index (χ4n) is 1.27. The first-order valence-corrected chi connectivity index (χ1v) is 6.12. The van der Waals surface area contributed by atoms with Crippen molar-refractivity contribution in [2.45, 2.75) is 13.3 Å². The van der Waals surface area contributed by atoms with Gasteiger partial charge < -0.3 is 5.32 Å². The fourth-order valence-corrected chi connectivity index (χ4v) is 2.09. The first-order chi connectivity index (χ1) is 7.75. The minimum atomic E-state index is 0.539. The lowest BCUT2D eigenvalue weighted by Gasteiger charge is -2.04. The van der Waals surface area contributed by atoms with Crippen LogP contribution in [0.4, 0.5) is 5.82 Å². The molecule has 4 nitrogen and oxygen atoms in total. The summed E-state index contributed by atoms with van der Waals surface area (Å²) in [4.78, 5) is 12.2. The zero-order chi connectivity index (χ0) is 11.4. The van der Waals surface area contributed by atoms with Gasteiger partial charge >= 0.3 is 0 Å². The topological polar surface area (TPSA) is 50.7 Å². The number of rotatable bonds is 4. The molecule has 0 unspecified atom stereocenters. The molecule has 1 N–H and O–H groups in total. The molecular weight excluding hydrogens is 244 g/mol. The molecule has 0 amide bonds.